The predicted octanol–water partition coefficient (Wildman–Crippen LogP) is 2.35. The molecule has 1 amide bonds. The van der Waals surface area contributed by atoms with Crippen LogP contribution in [0.2, 0.25) is 0 Å². The number of imidazole rings is 1. The standard InChI is InChI=1S/C16H25N3O2/c1-12(2)15-17-7-9-19(15)13-5-3-8-18(11-13)16(20)14-6-4-10-21-14/h7,9,12-14H,3-6,8,10-11H2,1-2H3/t13-,14-/m0/s1. The van der Waals surface area contributed by atoms with E-state index in [1.807, 2.05) is 11.1 Å². The van der Waals surface area contributed by atoms with Gasteiger partial charge in [0.25, 0.3) is 5.91 Å². The monoisotopic (exact) mass is 291 g/mol. The van der Waals surface area contributed by atoms with Crippen molar-refractivity contribution in [1.82, 2.24) is 14.5 Å². The molecule has 0 N–H and O–H groups in total. The summed E-state index contributed by atoms with van der Waals surface area (Å²) in [6.45, 7) is 6.70. The van der Waals surface area contributed by atoms with E-state index >= 15 is 0 Å². The number of nitrogens with zero attached hydrogens (tertiary/aromatic N) is 3. The molecule has 2 fully saturated rings. The lowest BCUT2D eigenvalue weighted by molar-refractivity contribution is -0.142. The van der Waals surface area contributed by atoms with E-state index in [0.29, 0.717) is 12.0 Å². The molecule has 0 saturated carbocycles. The minimum Gasteiger partial charge on any atom is -0.368 e. The number of hydrogen-bond donors (Lipinski definition) is 0. The second-order valence-electron chi connectivity index (χ2n) is 6.43. The minimum absolute atomic E-state index is 0.184. The van der Waals surface area contributed by atoms with E-state index in [2.05, 4.69) is 29.6 Å². The lowest BCUT2D eigenvalue weighted by atomic mass is 10.0. The molecule has 0 aliphatic carbocycles. The number of amides is 1. The molecular formula is C16H25N3O2. The van der Waals surface area contributed by atoms with Crippen molar-refractivity contribution in [2.24, 2.45) is 0 Å². The molecule has 21 heavy (non-hydrogen) atoms. The van der Waals surface area contributed by atoms with Crippen LogP contribution in [0.1, 0.15) is 57.3 Å². The second-order valence-corrected chi connectivity index (χ2v) is 6.43. The molecule has 3 heterocycles. The summed E-state index contributed by atoms with van der Waals surface area (Å²) in [4.78, 5) is 19.0. The van der Waals surface area contributed by atoms with Crippen LogP contribution in [0, 0.1) is 0 Å². The summed E-state index contributed by atoms with van der Waals surface area (Å²) >= 11 is 0. The summed E-state index contributed by atoms with van der Waals surface area (Å²) in [5.74, 6) is 1.71. The van der Waals surface area contributed by atoms with Gasteiger partial charge < -0.3 is 14.2 Å². The Kier molecular flexibility index (Phi) is 4.29. The highest BCUT2D eigenvalue weighted by molar-refractivity contribution is 5.81. The molecule has 116 valence electrons. The van der Waals surface area contributed by atoms with Gasteiger partial charge in [-0.05, 0) is 25.7 Å². The topological polar surface area (TPSA) is 47.4 Å². The minimum atomic E-state index is -0.198. The highest BCUT2D eigenvalue weighted by Crippen LogP contribution is 2.27. The van der Waals surface area contributed by atoms with E-state index in [1.54, 1.807) is 0 Å². The average Bonchev–Trinajstić information content (AvgIpc) is 3.17. The van der Waals surface area contributed by atoms with Crippen LogP contribution in [0.15, 0.2) is 12.4 Å². The van der Waals surface area contributed by atoms with Gasteiger partial charge in [0, 0.05) is 38.0 Å². The van der Waals surface area contributed by atoms with Crippen LogP contribution in [0.4, 0.5) is 0 Å². The second kappa shape index (κ2) is 6.18. The van der Waals surface area contributed by atoms with Gasteiger partial charge in [-0.15, -0.1) is 0 Å². The van der Waals surface area contributed by atoms with Crippen molar-refractivity contribution in [3.05, 3.63) is 18.2 Å². The average molecular weight is 291 g/mol. The van der Waals surface area contributed by atoms with Crippen molar-refractivity contribution >= 4 is 5.91 Å². The van der Waals surface area contributed by atoms with Gasteiger partial charge in [0.2, 0.25) is 0 Å². The Morgan fingerprint density at radius 2 is 2.24 bits per heavy atom. The first-order chi connectivity index (χ1) is 10.2. The van der Waals surface area contributed by atoms with Gasteiger partial charge in [0.1, 0.15) is 11.9 Å². The zero-order chi connectivity index (χ0) is 14.8. The van der Waals surface area contributed by atoms with Gasteiger partial charge in [-0.1, -0.05) is 13.8 Å². The Balaban J connectivity index is 1.70. The summed E-state index contributed by atoms with van der Waals surface area (Å²) in [7, 11) is 0. The Labute approximate surface area is 126 Å². The summed E-state index contributed by atoms with van der Waals surface area (Å²) in [5.41, 5.74) is 0. The van der Waals surface area contributed by atoms with Crippen molar-refractivity contribution < 1.29 is 9.53 Å². The first-order valence-electron chi connectivity index (χ1n) is 8.10. The summed E-state index contributed by atoms with van der Waals surface area (Å²) in [6, 6.07) is 0.351. The van der Waals surface area contributed by atoms with Crippen LogP contribution in [-0.2, 0) is 9.53 Å². The Hall–Kier alpha value is -1.36. The SMILES string of the molecule is CC(C)c1nccn1[C@H]1CCCN(C(=O)[C@@H]2CCCO2)C1. The fourth-order valence-electron chi connectivity index (χ4n) is 3.44. The Morgan fingerprint density at radius 1 is 1.38 bits per heavy atom. The third-order valence-corrected chi connectivity index (χ3v) is 4.52. The van der Waals surface area contributed by atoms with E-state index in [-0.39, 0.29) is 12.0 Å². The van der Waals surface area contributed by atoms with E-state index in [0.717, 1.165) is 51.2 Å². The number of ether oxygens (including phenoxy) is 1. The maximum absolute atomic E-state index is 12.5. The molecule has 1 aromatic rings. The molecule has 0 bridgehead atoms. The molecule has 2 saturated heterocycles. The number of likely N-dealkylation sites (tertiary alicyclic amines) is 1. The van der Waals surface area contributed by atoms with Crippen LogP contribution in [-0.4, -0.2) is 46.2 Å². The molecule has 1 aromatic heterocycles. The number of aromatic nitrogens is 2. The quantitative estimate of drug-likeness (QED) is 0.859. The van der Waals surface area contributed by atoms with Crippen LogP contribution >= 0.6 is 0 Å². The largest absolute Gasteiger partial charge is 0.368 e. The molecule has 2 atom stereocenters. The van der Waals surface area contributed by atoms with E-state index < -0.39 is 0 Å². The third-order valence-electron chi connectivity index (χ3n) is 4.52. The lowest BCUT2D eigenvalue weighted by Crippen LogP contribution is -2.45. The maximum atomic E-state index is 12.5. The highest BCUT2D eigenvalue weighted by atomic mass is 16.5. The Bertz CT molecular complexity index is 491. The van der Waals surface area contributed by atoms with Crippen molar-refractivity contribution in [2.75, 3.05) is 19.7 Å². The molecule has 5 heteroatoms. The predicted molar refractivity (Wildman–Crippen MR) is 80.1 cm³/mol. The third kappa shape index (κ3) is 2.98. The molecule has 5 nitrogen and oxygen atoms in total. The smallest absolute Gasteiger partial charge is 0.251 e. The maximum Gasteiger partial charge on any atom is 0.251 e. The van der Waals surface area contributed by atoms with Gasteiger partial charge >= 0.3 is 0 Å². The van der Waals surface area contributed by atoms with Crippen molar-refractivity contribution in [2.45, 2.75) is 57.6 Å². The van der Waals surface area contributed by atoms with Crippen LogP contribution in [0.5, 0.6) is 0 Å². The number of rotatable bonds is 3. The fourth-order valence-corrected chi connectivity index (χ4v) is 3.44. The first kappa shape index (κ1) is 14.6. The normalized spacial score (nSPS) is 26.5. The number of carbonyl (C=O) groups excluding carboxylic acids is 1. The van der Waals surface area contributed by atoms with Gasteiger partial charge in [0.15, 0.2) is 0 Å². The first-order valence-corrected chi connectivity index (χ1v) is 8.10. The number of hydrogen-bond acceptors (Lipinski definition) is 3. The lowest BCUT2D eigenvalue weighted by Gasteiger charge is -2.35. The summed E-state index contributed by atoms with van der Waals surface area (Å²) in [5, 5.41) is 0. The molecular weight excluding hydrogens is 266 g/mol. The molecule has 0 spiro atoms. The van der Waals surface area contributed by atoms with Crippen molar-refractivity contribution in [3.8, 4) is 0 Å². The van der Waals surface area contributed by atoms with E-state index in [4.69, 9.17) is 4.74 Å². The van der Waals surface area contributed by atoms with Gasteiger partial charge in [-0.2, -0.15) is 0 Å². The molecule has 0 aromatic carbocycles. The number of carbonyl (C=O) groups is 1. The zero-order valence-electron chi connectivity index (χ0n) is 13.0. The van der Waals surface area contributed by atoms with E-state index in [1.165, 1.54) is 0 Å². The molecule has 0 radical (unpaired) electrons. The molecule has 3 rings (SSSR count). The number of piperidine rings is 1. The Morgan fingerprint density at radius 3 is 2.95 bits per heavy atom. The van der Waals surface area contributed by atoms with E-state index in [9.17, 15) is 4.79 Å². The molecule has 0 unspecified atom stereocenters. The van der Waals surface area contributed by atoms with Gasteiger partial charge in [-0.25, -0.2) is 4.98 Å². The fraction of sp³-hybridized carbons (Fsp3) is 0.750. The van der Waals surface area contributed by atoms with Crippen LogP contribution in [0.3, 0.4) is 0 Å². The van der Waals surface area contributed by atoms with Gasteiger partial charge in [-0.3, -0.25) is 4.79 Å². The molecule has 2 aliphatic heterocycles. The van der Waals surface area contributed by atoms with Crippen LogP contribution in [0.25, 0.3) is 0 Å². The van der Waals surface area contributed by atoms with Crippen molar-refractivity contribution in [3.63, 3.8) is 0 Å². The highest BCUT2D eigenvalue weighted by Gasteiger charge is 2.32. The molecule has 2 aliphatic rings. The zero-order valence-corrected chi connectivity index (χ0v) is 13.0. The summed E-state index contributed by atoms with van der Waals surface area (Å²) < 4.78 is 7.81. The summed E-state index contributed by atoms with van der Waals surface area (Å²) in [6.07, 6.45) is 7.78. The van der Waals surface area contributed by atoms with Crippen molar-refractivity contribution in [1.29, 1.82) is 0 Å². The van der Waals surface area contributed by atoms with Gasteiger partial charge in [0.05, 0.1) is 6.04 Å². The van der Waals surface area contributed by atoms with Crippen LogP contribution < -0.4 is 0 Å².